The first-order valence-corrected chi connectivity index (χ1v) is 8.58. The molecule has 0 aliphatic carbocycles. The molecule has 1 N–H and O–H groups in total. The fraction of sp³-hybridized carbons (Fsp3) is 0.684. The molecule has 0 aliphatic heterocycles. The van der Waals surface area contributed by atoms with Crippen LogP contribution in [0.3, 0.4) is 0 Å². The van der Waals surface area contributed by atoms with Crippen molar-refractivity contribution in [1.82, 2.24) is 5.32 Å². The highest BCUT2D eigenvalue weighted by atomic mass is 16.5. The summed E-state index contributed by atoms with van der Waals surface area (Å²) in [7, 11) is 0. The van der Waals surface area contributed by atoms with Gasteiger partial charge in [-0.05, 0) is 42.5 Å². The van der Waals surface area contributed by atoms with E-state index in [1.54, 1.807) is 0 Å². The fourth-order valence-electron chi connectivity index (χ4n) is 2.36. The zero-order valence-electron chi connectivity index (χ0n) is 14.3. The smallest absolute Gasteiger partial charge is 0.119 e. The van der Waals surface area contributed by atoms with Crippen molar-refractivity contribution in [2.45, 2.75) is 59.9 Å². The third kappa shape index (κ3) is 8.11. The number of hydrogen-bond acceptors (Lipinski definition) is 2. The van der Waals surface area contributed by atoms with Crippen LogP contribution in [0.25, 0.3) is 0 Å². The van der Waals surface area contributed by atoms with Crippen molar-refractivity contribution in [3.63, 3.8) is 0 Å². The van der Waals surface area contributed by atoms with Crippen molar-refractivity contribution in [2.24, 2.45) is 11.8 Å². The van der Waals surface area contributed by atoms with Crippen LogP contribution in [0.2, 0.25) is 0 Å². The summed E-state index contributed by atoms with van der Waals surface area (Å²) >= 11 is 0. The lowest BCUT2D eigenvalue weighted by molar-refractivity contribution is 0.233. The van der Waals surface area contributed by atoms with E-state index in [9.17, 15) is 0 Å². The molecule has 1 rings (SSSR count). The Bertz CT molecular complexity index is 376. The maximum Gasteiger partial charge on any atom is 0.119 e. The van der Waals surface area contributed by atoms with Gasteiger partial charge in [0.05, 0.1) is 6.61 Å². The SMILES string of the molecule is CCCCC(CC)COc1cccc(CNCC(C)C)c1. The Labute approximate surface area is 131 Å². The second-order valence-corrected chi connectivity index (χ2v) is 6.40. The van der Waals surface area contributed by atoms with Crippen molar-refractivity contribution in [2.75, 3.05) is 13.2 Å². The highest BCUT2D eigenvalue weighted by Crippen LogP contribution is 2.18. The molecule has 0 saturated heterocycles. The van der Waals surface area contributed by atoms with Crippen LogP contribution in [-0.4, -0.2) is 13.2 Å². The molecular formula is C19H33NO. The first kappa shape index (κ1) is 18.0. The third-order valence-electron chi connectivity index (χ3n) is 3.81. The minimum Gasteiger partial charge on any atom is -0.493 e. The fourth-order valence-corrected chi connectivity index (χ4v) is 2.36. The molecule has 0 radical (unpaired) electrons. The van der Waals surface area contributed by atoms with Gasteiger partial charge in [0.25, 0.3) is 0 Å². The molecule has 1 aromatic carbocycles. The summed E-state index contributed by atoms with van der Waals surface area (Å²) in [6, 6.07) is 8.49. The van der Waals surface area contributed by atoms with E-state index in [0.717, 1.165) is 25.4 Å². The summed E-state index contributed by atoms with van der Waals surface area (Å²) in [5, 5.41) is 3.48. The average molecular weight is 291 g/mol. The topological polar surface area (TPSA) is 21.3 Å². The van der Waals surface area contributed by atoms with Crippen molar-refractivity contribution in [3.8, 4) is 5.75 Å². The molecule has 1 aromatic rings. The van der Waals surface area contributed by atoms with E-state index in [1.165, 1.54) is 31.2 Å². The Morgan fingerprint density at radius 3 is 2.67 bits per heavy atom. The van der Waals surface area contributed by atoms with Gasteiger partial charge in [0, 0.05) is 6.54 Å². The molecule has 0 aromatic heterocycles. The Morgan fingerprint density at radius 1 is 1.19 bits per heavy atom. The van der Waals surface area contributed by atoms with Crippen LogP contribution >= 0.6 is 0 Å². The van der Waals surface area contributed by atoms with Gasteiger partial charge < -0.3 is 10.1 Å². The van der Waals surface area contributed by atoms with Crippen LogP contribution in [0, 0.1) is 11.8 Å². The average Bonchev–Trinajstić information content (AvgIpc) is 2.47. The molecule has 0 saturated carbocycles. The maximum absolute atomic E-state index is 6.00. The quantitative estimate of drug-likeness (QED) is 0.617. The zero-order valence-corrected chi connectivity index (χ0v) is 14.3. The van der Waals surface area contributed by atoms with Crippen LogP contribution in [-0.2, 0) is 6.54 Å². The van der Waals surface area contributed by atoms with Crippen molar-refractivity contribution in [1.29, 1.82) is 0 Å². The van der Waals surface area contributed by atoms with Gasteiger partial charge in [0.1, 0.15) is 5.75 Å². The standard InChI is InChI=1S/C19H33NO/c1-5-7-9-17(6-2)15-21-19-11-8-10-18(12-19)14-20-13-16(3)4/h8,10-12,16-17,20H,5-7,9,13-15H2,1-4H3. The van der Waals surface area contributed by atoms with Crippen LogP contribution < -0.4 is 10.1 Å². The number of nitrogens with one attached hydrogen (secondary N) is 1. The number of unbranched alkanes of at least 4 members (excludes halogenated alkanes) is 1. The summed E-state index contributed by atoms with van der Waals surface area (Å²) in [4.78, 5) is 0. The van der Waals surface area contributed by atoms with E-state index >= 15 is 0 Å². The van der Waals surface area contributed by atoms with Crippen LogP contribution in [0.15, 0.2) is 24.3 Å². The summed E-state index contributed by atoms with van der Waals surface area (Å²) in [5.41, 5.74) is 1.30. The zero-order chi connectivity index (χ0) is 15.5. The van der Waals surface area contributed by atoms with Gasteiger partial charge in [-0.2, -0.15) is 0 Å². The molecular weight excluding hydrogens is 258 g/mol. The van der Waals surface area contributed by atoms with Crippen molar-refractivity contribution in [3.05, 3.63) is 29.8 Å². The van der Waals surface area contributed by atoms with Crippen LogP contribution in [0.4, 0.5) is 0 Å². The Morgan fingerprint density at radius 2 is 2.00 bits per heavy atom. The van der Waals surface area contributed by atoms with E-state index in [0.29, 0.717) is 11.8 Å². The number of hydrogen-bond donors (Lipinski definition) is 1. The molecule has 21 heavy (non-hydrogen) atoms. The predicted octanol–water partition coefficient (Wildman–Crippen LogP) is 5.03. The molecule has 120 valence electrons. The van der Waals surface area contributed by atoms with E-state index in [4.69, 9.17) is 4.74 Å². The lowest BCUT2D eigenvalue weighted by Crippen LogP contribution is -2.19. The molecule has 2 heteroatoms. The van der Waals surface area contributed by atoms with Gasteiger partial charge in [-0.3, -0.25) is 0 Å². The van der Waals surface area contributed by atoms with Gasteiger partial charge in [-0.1, -0.05) is 59.1 Å². The lowest BCUT2D eigenvalue weighted by Gasteiger charge is -2.16. The van der Waals surface area contributed by atoms with E-state index in [-0.39, 0.29) is 0 Å². The highest BCUT2D eigenvalue weighted by molar-refractivity contribution is 5.28. The molecule has 1 unspecified atom stereocenters. The summed E-state index contributed by atoms with van der Waals surface area (Å²) in [5.74, 6) is 2.38. The van der Waals surface area contributed by atoms with Gasteiger partial charge in [-0.25, -0.2) is 0 Å². The van der Waals surface area contributed by atoms with Gasteiger partial charge in [0.2, 0.25) is 0 Å². The van der Waals surface area contributed by atoms with E-state index in [1.807, 2.05) is 0 Å². The molecule has 2 nitrogen and oxygen atoms in total. The van der Waals surface area contributed by atoms with Crippen LogP contribution in [0.1, 0.15) is 58.9 Å². The molecule has 0 aliphatic rings. The Hall–Kier alpha value is -1.02. The summed E-state index contributed by atoms with van der Waals surface area (Å²) < 4.78 is 6.00. The second-order valence-electron chi connectivity index (χ2n) is 6.40. The third-order valence-corrected chi connectivity index (χ3v) is 3.81. The minimum absolute atomic E-state index is 0.688. The number of benzene rings is 1. The summed E-state index contributed by atoms with van der Waals surface area (Å²) in [6.45, 7) is 11.8. The molecule has 0 spiro atoms. The maximum atomic E-state index is 6.00. The van der Waals surface area contributed by atoms with Crippen molar-refractivity contribution < 1.29 is 4.74 Å². The lowest BCUT2D eigenvalue weighted by atomic mass is 10.0. The molecule has 1 atom stereocenters. The highest BCUT2D eigenvalue weighted by Gasteiger charge is 2.07. The van der Waals surface area contributed by atoms with E-state index < -0.39 is 0 Å². The predicted molar refractivity (Wildman–Crippen MR) is 91.8 cm³/mol. The van der Waals surface area contributed by atoms with Gasteiger partial charge >= 0.3 is 0 Å². The minimum atomic E-state index is 0.688. The second kappa shape index (κ2) is 10.7. The Balaban J connectivity index is 2.40. The van der Waals surface area contributed by atoms with E-state index in [2.05, 4.69) is 57.3 Å². The van der Waals surface area contributed by atoms with Gasteiger partial charge in [0.15, 0.2) is 0 Å². The monoisotopic (exact) mass is 291 g/mol. The largest absolute Gasteiger partial charge is 0.493 e. The molecule has 0 fully saturated rings. The van der Waals surface area contributed by atoms with Crippen molar-refractivity contribution >= 4 is 0 Å². The first-order chi connectivity index (χ1) is 10.2. The van der Waals surface area contributed by atoms with Crippen LogP contribution in [0.5, 0.6) is 5.75 Å². The Kier molecular flexibility index (Phi) is 9.16. The molecule has 0 heterocycles. The molecule has 0 amide bonds. The number of ether oxygens (including phenoxy) is 1. The van der Waals surface area contributed by atoms with Gasteiger partial charge in [-0.15, -0.1) is 0 Å². The summed E-state index contributed by atoms with van der Waals surface area (Å²) in [6.07, 6.45) is 5.06. The number of rotatable bonds is 11. The first-order valence-electron chi connectivity index (χ1n) is 8.58. The molecule has 0 bridgehead atoms. The normalized spacial score (nSPS) is 12.6.